The average molecular weight is 246 g/mol. The molecule has 0 spiro atoms. The van der Waals surface area contributed by atoms with Crippen molar-refractivity contribution < 1.29 is 0 Å². The van der Waals surface area contributed by atoms with Crippen LogP contribution in [0.3, 0.4) is 0 Å². The van der Waals surface area contributed by atoms with Crippen molar-refractivity contribution in [3.05, 3.63) is 18.6 Å². The van der Waals surface area contributed by atoms with Gasteiger partial charge in [-0.05, 0) is 19.3 Å². The highest BCUT2D eigenvalue weighted by Crippen LogP contribution is 2.30. The minimum absolute atomic E-state index is 0.487. The molecule has 0 bridgehead atoms. The second-order valence-electron chi connectivity index (χ2n) is 5.09. The van der Waals surface area contributed by atoms with Crippen LogP contribution >= 0.6 is 0 Å². The number of anilines is 2. The number of fused-ring (bicyclic) bond motifs is 1. The highest BCUT2D eigenvalue weighted by molar-refractivity contribution is 5.67. The van der Waals surface area contributed by atoms with Crippen LogP contribution in [-0.2, 0) is 0 Å². The maximum absolute atomic E-state index is 5.47. The van der Waals surface area contributed by atoms with Crippen molar-refractivity contribution in [2.45, 2.75) is 26.3 Å². The van der Waals surface area contributed by atoms with Gasteiger partial charge in [-0.15, -0.1) is 0 Å². The van der Waals surface area contributed by atoms with Gasteiger partial charge >= 0.3 is 0 Å². The van der Waals surface area contributed by atoms with Crippen LogP contribution in [0.25, 0.3) is 5.65 Å². The maximum Gasteiger partial charge on any atom is 0.180 e. The lowest BCUT2D eigenvalue weighted by molar-refractivity contribution is 0.625. The molecule has 1 saturated heterocycles. The van der Waals surface area contributed by atoms with Gasteiger partial charge < -0.3 is 14.7 Å². The standard InChI is InChI=1S/C12H18N6/c1-8-5-9(2)18(6-8)12-11-14-3-4-17(11)7-10(15-12)16-13/h3-4,7-9,16H,5-6,13H2,1-2H3. The Bertz CT molecular complexity index is 563. The molecule has 0 aliphatic carbocycles. The molecule has 1 aliphatic rings. The molecule has 0 amide bonds. The summed E-state index contributed by atoms with van der Waals surface area (Å²) in [5.74, 6) is 7.73. The van der Waals surface area contributed by atoms with Gasteiger partial charge in [-0.2, -0.15) is 0 Å². The van der Waals surface area contributed by atoms with Crippen molar-refractivity contribution in [1.82, 2.24) is 14.4 Å². The van der Waals surface area contributed by atoms with Crippen molar-refractivity contribution in [3.63, 3.8) is 0 Å². The van der Waals surface area contributed by atoms with Crippen LogP contribution in [0.4, 0.5) is 11.6 Å². The minimum atomic E-state index is 0.487. The van der Waals surface area contributed by atoms with Crippen molar-refractivity contribution in [2.75, 3.05) is 16.9 Å². The topological polar surface area (TPSA) is 71.5 Å². The summed E-state index contributed by atoms with van der Waals surface area (Å²) in [6.07, 6.45) is 6.72. The summed E-state index contributed by atoms with van der Waals surface area (Å²) in [5.41, 5.74) is 3.50. The highest BCUT2D eigenvalue weighted by Gasteiger charge is 2.29. The number of imidazole rings is 1. The van der Waals surface area contributed by atoms with Crippen LogP contribution in [0.15, 0.2) is 18.6 Å². The van der Waals surface area contributed by atoms with Crippen LogP contribution in [0.1, 0.15) is 20.3 Å². The fraction of sp³-hybridized carbons (Fsp3) is 0.500. The molecule has 6 heteroatoms. The fourth-order valence-corrected chi connectivity index (χ4v) is 2.77. The third-order valence-corrected chi connectivity index (χ3v) is 3.56. The number of hydrogen-bond donors (Lipinski definition) is 2. The molecule has 3 rings (SSSR count). The van der Waals surface area contributed by atoms with Crippen LogP contribution in [0.2, 0.25) is 0 Å². The monoisotopic (exact) mass is 246 g/mol. The minimum Gasteiger partial charge on any atom is -0.350 e. The first-order chi connectivity index (χ1) is 8.69. The third-order valence-electron chi connectivity index (χ3n) is 3.56. The van der Waals surface area contributed by atoms with E-state index in [1.165, 1.54) is 6.42 Å². The van der Waals surface area contributed by atoms with Crippen molar-refractivity contribution >= 4 is 17.3 Å². The van der Waals surface area contributed by atoms with Gasteiger partial charge in [0.05, 0.1) is 6.20 Å². The summed E-state index contributed by atoms with van der Waals surface area (Å²) in [6.45, 7) is 5.52. The molecule has 2 aromatic heterocycles. The van der Waals surface area contributed by atoms with Crippen LogP contribution in [-0.4, -0.2) is 27.0 Å². The highest BCUT2D eigenvalue weighted by atomic mass is 15.3. The second kappa shape index (κ2) is 4.13. The first-order valence-electron chi connectivity index (χ1n) is 6.26. The third kappa shape index (κ3) is 1.69. The normalized spacial score (nSPS) is 23.8. The second-order valence-corrected chi connectivity index (χ2v) is 5.09. The smallest absolute Gasteiger partial charge is 0.180 e. The lowest BCUT2D eigenvalue weighted by atomic mass is 10.1. The van der Waals surface area contributed by atoms with Crippen molar-refractivity contribution in [2.24, 2.45) is 11.8 Å². The molecule has 3 heterocycles. The van der Waals surface area contributed by atoms with Gasteiger partial charge in [-0.1, -0.05) is 6.92 Å². The number of nitrogen functional groups attached to an aromatic ring is 1. The Morgan fingerprint density at radius 1 is 1.44 bits per heavy atom. The van der Waals surface area contributed by atoms with E-state index in [-0.39, 0.29) is 0 Å². The summed E-state index contributed by atoms with van der Waals surface area (Å²) in [4.78, 5) is 11.3. The summed E-state index contributed by atoms with van der Waals surface area (Å²) < 4.78 is 1.95. The summed E-state index contributed by atoms with van der Waals surface area (Å²) in [6, 6.07) is 0.487. The van der Waals surface area contributed by atoms with E-state index in [1.807, 2.05) is 16.8 Å². The van der Waals surface area contributed by atoms with Crippen LogP contribution in [0.5, 0.6) is 0 Å². The molecule has 18 heavy (non-hydrogen) atoms. The molecule has 0 saturated carbocycles. The molecule has 3 N–H and O–H groups in total. The predicted molar refractivity (Wildman–Crippen MR) is 71.4 cm³/mol. The predicted octanol–water partition coefficient (Wildman–Crippen LogP) is 1.25. The quantitative estimate of drug-likeness (QED) is 0.616. The molecule has 2 unspecified atom stereocenters. The molecule has 96 valence electrons. The summed E-state index contributed by atoms with van der Waals surface area (Å²) in [5, 5.41) is 0. The Hall–Kier alpha value is -1.82. The Labute approximate surface area is 106 Å². The van der Waals surface area contributed by atoms with Gasteiger partial charge in [0.15, 0.2) is 17.3 Å². The van der Waals surface area contributed by atoms with E-state index in [2.05, 4.69) is 34.1 Å². The Morgan fingerprint density at radius 2 is 2.28 bits per heavy atom. The van der Waals surface area contributed by atoms with Gasteiger partial charge in [0.2, 0.25) is 0 Å². The molecular formula is C12H18N6. The van der Waals surface area contributed by atoms with E-state index in [0.717, 1.165) is 18.0 Å². The van der Waals surface area contributed by atoms with Crippen molar-refractivity contribution in [1.29, 1.82) is 0 Å². The van der Waals surface area contributed by atoms with E-state index >= 15 is 0 Å². The van der Waals surface area contributed by atoms with E-state index < -0.39 is 0 Å². The van der Waals surface area contributed by atoms with Gasteiger partial charge in [-0.25, -0.2) is 15.8 Å². The lowest BCUT2D eigenvalue weighted by Crippen LogP contribution is -2.28. The van der Waals surface area contributed by atoms with Crippen LogP contribution < -0.4 is 16.2 Å². The number of nitrogens with zero attached hydrogens (tertiary/aromatic N) is 4. The summed E-state index contributed by atoms with van der Waals surface area (Å²) in [7, 11) is 0. The van der Waals surface area contributed by atoms with Gasteiger partial charge in [0, 0.05) is 25.0 Å². The van der Waals surface area contributed by atoms with E-state index in [0.29, 0.717) is 17.8 Å². The molecule has 2 atom stereocenters. The zero-order valence-electron chi connectivity index (χ0n) is 10.7. The fourth-order valence-electron chi connectivity index (χ4n) is 2.77. The zero-order valence-corrected chi connectivity index (χ0v) is 10.7. The largest absolute Gasteiger partial charge is 0.350 e. The average Bonchev–Trinajstić information content (AvgIpc) is 2.94. The van der Waals surface area contributed by atoms with Gasteiger partial charge in [0.25, 0.3) is 0 Å². The zero-order chi connectivity index (χ0) is 12.7. The number of rotatable bonds is 2. The van der Waals surface area contributed by atoms with Crippen molar-refractivity contribution in [3.8, 4) is 0 Å². The molecule has 1 fully saturated rings. The molecule has 0 radical (unpaired) electrons. The Kier molecular flexibility index (Phi) is 2.59. The number of hydrazine groups is 1. The molecule has 1 aliphatic heterocycles. The molecule has 0 aromatic carbocycles. The number of nitrogens with one attached hydrogen (secondary N) is 1. The van der Waals surface area contributed by atoms with E-state index in [9.17, 15) is 0 Å². The molecular weight excluding hydrogens is 228 g/mol. The van der Waals surface area contributed by atoms with Crippen LogP contribution in [0, 0.1) is 5.92 Å². The lowest BCUT2D eigenvalue weighted by Gasteiger charge is -2.23. The number of hydrogen-bond acceptors (Lipinski definition) is 5. The SMILES string of the molecule is CC1CC(C)N(c2nc(NN)cn3ccnc23)C1. The number of aromatic nitrogens is 3. The first-order valence-corrected chi connectivity index (χ1v) is 6.26. The Balaban J connectivity index is 2.12. The maximum atomic E-state index is 5.47. The van der Waals surface area contributed by atoms with Gasteiger partial charge in [0.1, 0.15) is 0 Å². The molecule has 6 nitrogen and oxygen atoms in total. The summed E-state index contributed by atoms with van der Waals surface area (Å²) >= 11 is 0. The van der Waals surface area contributed by atoms with E-state index in [1.54, 1.807) is 6.20 Å². The molecule has 2 aromatic rings. The number of nitrogens with two attached hydrogens (primary N) is 1. The van der Waals surface area contributed by atoms with E-state index in [4.69, 9.17) is 5.84 Å². The van der Waals surface area contributed by atoms with Gasteiger partial charge in [-0.3, -0.25) is 0 Å². The Morgan fingerprint density at radius 3 is 2.94 bits per heavy atom. The first kappa shape index (κ1) is 11.3.